The van der Waals surface area contributed by atoms with E-state index in [1.165, 1.54) is 41.2 Å². The summed E-state index contributed by atoms with van der Waals surface area (Å²) in [6, 6.07) is 13.2. The summed E-state index contributed by atoms with van der Waals surface area (Å²) in [5.74, 6) is 0.0904. The van der Waals surface area contributed by atoms with Crippen LogP contribution in [0.5, 0.6) is 0 Å². The highest BCUT2D eigenvalue weighted by molar-refractivity contribution is 7.89. The lowest BCUT2D eigenvalue weighted by Crippen LogP contribution is -2.39. The van der Waals surface area contributed by atoms with Gasteiger partial charge in [-0.3, -0.25) is 9.78 Å². The molecule has 5 rings (SSSR count). The molecular formula is C29H25ClF3N5O4S2. The third-order valence-electron chi connectivity index (χ3n) is 7.05. The Labute approximate surface area is 258 Å². The minimum absolute atomic E-state index is 0.0904. The number of hydrogen-bond donors (Lipinski definition) is 3. The van der Waals surface area contributed by atoms with Crippen molar-refractivity contribution in [3.63, 3.8) is 0 Å². The third-order valence-corrected chi connectivity index (χ3v) is 10.0. The number of thiophene rings is 1. The predicted molar refractivity (Wildman–Crippen MR) is 163 cm³/mol. The highest BCUT2D eigenvalue weighted by atomic mass is 35.5. The van der Waals surface area contributed by atoms with Crippen LogP contribution in [0.2, 0.25) is 5.02 Å². The van der Waals surface area contributed by atoms with Crippen LogP contribution in [-0.4, -0.2) is 34.2 Å². The van der Waals surface area contributed by atoms with E-state index in [0.29, 0.717) is 27.5 Å². The van der Waals surface area contributed by atoms with Crippen LogP contribution in [-0.2, 0) is 22.2 Å². The maximum absolute atomic E-state index is 13.6. The van der Waals surface area contributed by atoms with E-state index >= 15 is 0 Å². The fraction of sp³-hybridized carbons (Fsp3) is 0.207. The maximum atomic E-state index is 13.6. The average molecular weight is 664 g/mol. The standard InChI is InChI=1S/C29H25ClF3N5O4S2/c1-3-38-15-18(7-10-24(38)39)44(41,42)37-26(25-20(30)8-9-23(34)36-25)22-13-16-5-4-6-19(27(16)43-22)21-14-17(11-12-35-21)28(2,40)29(31,32)33/h4-15,26,37,40H,3H2,1-2H3,(H2,34,36)/t26-,28-/m0/s1. The number of pyridine rings is 3. The van der Waals surface area contributed by atoms with Crippen molar-refractivity contribution in [2.75, 3.05) is 5.73 Å². The summed E-state index contributed by atoms with van der Waals surface area (Å²) in [6.45, 7) is 2.62. The molecule has 4 N–H and O–H groups in total. The van der Waals surface area contributed by atoms with Crippen LogP contribution in [0.3, 0.4) is 0 Å². The van der Waals surface area contributed by atoms with E-state index in [4.69, 9.17) is 17.3 Å². The summed E-state index contributed by atoms with van der Waals surface area (Å²) in [5, 5.41) is 11.0. The lowest BCUT2D eigenvalue weighted by molar-refractivity contribution is -0.258. The number of hydrogen-bond acceptors (Lipinski definition) is 8. The zero-order chi connectivity index (χ0) is 32.0. The Morgan fingerprint density at radius 2 is 1.89 bits per heavy atom. The van der Waals surface area contributed by atoms with Crippen LogP contribution in [0.4, 0.5) is 19.0 Å². The first-order valence-electron chi connectivity index (χ1n) is 13.1. The van der Waals surface area contributed by atoms with Gasteiger partial charge in [-0.1, -0.05) is 29.8 Å². The Bertz CT molecular complexity index is 2050. The van der Waals surface area contributed by atoms with Crippen LogP contribution in [0, 0.1) is 0 Å². The molecule has 0 amide bonds. The van der Waals surface area contributed by atoms with Gasteiger partial charge < -0.3 is 15.4 Å². The van der Waals surface area contributed by atoms with Gasteiger partial charge in [-0.05, 0) is 61.2 Å². The highest BCUT2D eigenvalue weighted by Gasteiger charge is 2.51. The number of nitrogens with zero attached hydrogens (tertiary/aromatic N) is 3. The Morgan fingerprint density at radius 3 is 2.59 bits per heavy atom. The van der Waals surface area contributed by atoms with E-state index in [2.05, 4.69) is 14.7 Å². The Balaban J connectivity index is 1.65. The summed E-state index contributed by atoms with van der Waals surface area (Å²) >= 11 is 7.64. The van der Waals surface area contributed by atoms with Gasteiger partial charge in [-0.2, -0.15) is 17.9 Å². The van der Waals surface area contributed by atoms with Crippen LogP contribution in [0.1, 0.15) is 36.0 Å². The highest BCUT2D eigenvalue weighted by Crippen LogP contribution is 2.42. The molecule has 0 unspecified atom stereocenters. The molecule has 9 nitrogen and oxygen atoms in total. The van der Waals surface area contributed by atoms with E-state index in [-0.39, 0.29) is 39.2 Å². The predicted octanol–water partition coefficient (Wildman–Crippen LogP) is 5.61. The molecule has 0 radical (unpaired) electrons. The molecule has 4 heterocycles. The van der Waals surface area contributed by atoms with Gasteiger partial charge in [0.1, 0.15) is 5.82 Å². The quantitative estimate of drug-likeness (QED) is 0.196. The Morgan fingerprint density at radius 1 is 1.14 bits per heavy atom. The first-order chi connectivity index (χ1) is 20.6. The van der Waals surface area contributed by atoms with Gasteiger partial charge in [0.15, 0.2) is 5.60 Å². The first kappa shape index (κ1) is 31.6. The molecule has 0 aliphatic carbocycles. The molecule has 0 aliphatic rings. The van der Waals surface area contributed by atoms with Crippen LogP contribution in [0.25, 0.3) is 21.3 Å². The van der Waals surface area contributed by atoms with Crippen molar-refractivity contribution in [3.8, 4) is 11.3 Å². The van der Waals surface area contributed by atoms with Crippen molar-refractivity contribution in [2.45, 2.75) is 43.1 Å². The topological polar surface area (TPSA) is 140 Å². The van der Waals surface area contributed by atoms with Crippen molar-refractivity contribution in [3.05, 3.63) is 105 Å². The molecule has 4 aromatic heterocycles. The third kappa shape index (κ3) is 5.95. The van der Waals surface area contributed by atoms with E-state index in [9.17, 15) is 31.5 Å². The molecule has 0 saturated carbocycles. The fourth-order valence-corrected chi connectivity index (χ4v) is 7.26. The number of nitrogen functional groups attached to an aromatic ring is 1. The van der Waals surface area contributed by atoms with Crippen molar-refractivity contribution in [2.24, 2.45) is 0 Å². The summed E-state index contributed by atoms with van der Waals surface area (Å²) in [6.07, 6.45) is -2.51. The average Bonchev–Trinajstić information content (AvgIpc) is 3.41. The van der Waals surface area contributed by atoms with E-state index in [0.717, 1.165) is 23.5 Å². The van der Waals surface area contributed by atoms with Gasteiger partial charge >= 0.3 is 6.18 Å². The molecule has 5 aromatic rings. The molecule has 230 valence electrons. The number of aryl methyl sites for hydroxylation is 1. The minimum atomic E-state index is -4.92. The number of aliphatic hydroxyl groups is 1. The van der Waals surface area contributed by atoms with Crippen molar-refractivity contribution >= 4 is 48.9 Å². The molecule has 44 heavy (non-hydrogen) atoms. The number of sulfonamides is 1. The molecule has 0 fully saturated rings. The second kappa shape index (κ2) is 11.6. The van der Waals surface area contributed by atoms with Crippen LogP contribution >= 0.6 is 22.9 Å². The van der Waals surface area contributed by atoms with Crippen molar-refractivity contribution in [1.29, 1.82) is 0 Å². The fourth-order valence-electron chi connectivity index (χ4n) is 4.53. The number of aromatic nitrogens is 3. The molecule has 0 saturated heterocycles. The van der Waals surface area contributed by atoms with Crippen LogP contribution in [0.15, 0.2) is 82.7 Å². The number of fused-ring (bicyclic) bond motifs is 1. The molecule has 1 aromatic carbocycles. The summed E-state index contributed by atoms with van der Waals surface area (Å²) < 4.78 is 72.5. The SMILES string of the molecule is CCn1cc(S(=O)(=O)N[C@@H](c2cc3cccc(-c4cc([C@](C)(O)C(F)(F)F)ccn4)c3s2)c2nc(N)ccc2Cl)ccc1=O. The van der Waals surface area contributed by atoms with Gasteiger partial charge in [0.2, 0.25) is 10.0 Å². The summed E-state index contributed by atoms with van der Waals surface area (Å²) in [4.78, 5) is 20.9. The van der Waals surface area contributed by atoms with Gasteiger partial charge in [0.05, 0.1) is 27.3 Å². The molecular weight excluding hydrogens is 639 g/mol. The zero-order valence-electron chi connectivity index (χ0n) is 23.1. The van der Waals surface area contributed by atoms with Gasteiger partial charge in [-0.15, -0.1) is 11.3 Å². The number of halogens is 4. The number of benzene rings is 1. The Hall–Kier alpha value is -3.82. The maximum Gasteiger partial charge on any atom is 0.421 e. The number of rotatable bonds is 8. The summed E-state index contributed by atoms with van der Waals surface area (Å²) in [7, 11) is -4.26. The Kier molecular flexibility index (Phi) is 8.33. The normalized spacial score (nSPS) is 14.4. The molecule has 0 bridgehead atoms. The smallest absolute Gasteiger partial charge is 0.384 e. The van der Waals surface area contributed by atoms with Gasteiger partial charge in [0, 0.05) is 40.1 Å². The minimum Gasteiger partial charge on any atom is -0.384 e. The van der Waals surface area contributed by atoms with Crippen molar-refractivity contribution < 1.29 is 26.7 Å². The number of anilines is 1. The van der Waals surface area contributed by atoms with Gasteiger partial charge in [0.25, 0.3) is 5.56 Å². The number of alkyl halides is 3. The molecule has 0 aliphatic heterocycles. The lowest BCUT2D eigenvalue weighted by Gasteiger charge is -2.26. The molecule has 15 heteroatoms. The lowest BCUT2D eigenvalue weighted by atomic mass is 9.94. The zero-order valence-corrected chi connectivity index (χ0v) is 25.5. The second-order valence-corrected chi connectivity index (χ2v) is 13.2. The van der Waals surface area contributed by atoms with E-state index < -0.39 is 33.4 Å². The van der Waals surface area contributed by atoms with Crippen molar-refractivity contribution in [1.82, 2.24) is 19.3 Å². The number of nitrogens with two attached hydrogens (primary N) is 1. The number of nitrogens with one attached hydrogen (secondary N) is 1. The molecule has 2 atom stereocenters. The van der Waals surface area contributed by atoms with E-state index in [1.54, 1.807) is 31.2 Å². The molecule has 0 spiro atoms. The van der Waals surface area contributed by atoms with Gasteiger partial charge in [-0.25, -0.2) is 13.4 Å². The van der Waals surface area contributed by atoms with E-state index in [1.807, 2.05) is 0 Å². The monoisotopic (exact) mass is 663 g/mol. The first-order valence-corrected chi connectivity index (χ1v) is 15.7. The largest absolute Gasteiger partial charge is 0.421 e. The second-order valence-electron chi connectivity index (χ2n) is 10.0. The summed E-state index contributed by atoms with van der Waals surface area (Å²) in [5.41, 5.74) is 2.82. The van der Waals surface area contributed by atoms with Crippen LogP contribution < -0.4 is 16.0 Å².